The second kappa shape index (κ2) is 7.09. The van der Waals surface area contributed by atoms with Gasteiger partial charge in [0.1, 0.15) is 0 Å². The van der Waals surface area contributed by atoms with Crippen LogP contribution in [0.4, 0.5) is 11.4 Å². The fourth-order valence-corrected chi connectivity index (χ4v) is 2.16. The highest BCUT2D eigenvalue weighted by molar-refractivity contribution is 6.31. The van der Waals surface area contributed by atoms with Gasteiger partial charge < -0.3 is 10.6 Å². The molecule has 2 N–H and O–H groups in total. The van der Waals surface area contributed by atoms with E-state index in [1.807, 2.05) is 6.92 Å². The van der Waals surface area contributed by atoms with E-state index in [1.54, 1.807) is 49.4 Å². The summed E-state index contributed by atoms with van der Waals surface area (Å²) in [6.07, 6.45) is 0.401. The summed E-state index contributed by atoms with van der Waals surface area (Å²) < 4.78 is 0. The number of benzene rings is 2. The van der Waals surface area contributed by atoms with Gasteiger partial charge in [0.25, 0.3) is 5.91 Å². The number of nitrogens with one attached hydrogen (secondary N) is 2. The van der Waals surface area contributed by atoms with E-state index < -0.39 is 0 Å². The zero-order valence-electron chi connectivity index (χ0n) is 12.4. The van der Waals surface area contributed by atoms with Gasteiger partial charge in [0.2, 0.25) is 5.91 Å². The average molecular weight is 317 g/mol. The first-order chi connectivity index (χ1) is 10.5. The monoisotopic (exact) mass is 316 g/mol. The van der Waals surface area contributed by atoms with Crippen molar-refractivity contribution in [3.8, 4) is 0 Å². The van der Waals surface area contributed by atoms with Gasteiger partial charge in [-0.2, -0.15) is 0 Å². The first-order valence-corrected chi connectivity index (χ1v) is 7.35. The van der Waals surface area contributed by atoms with E-state index in [9.17, 15) is 9.59 Å². The Kier molecular flexibility index (Phi) is 5.17. The first kappa shape index (κ1) is 16.0. The van der Waals surface area contributed by atoms with Crippen molar-refractivity contribution in [2.75, 3.05) is 10.6 Å². The maximum absolute atomic E-state index is 12.3. The lowest BCUT2D eigenvalue weighted by Gasteiger charge is -2.13. The third kappa shape index (κ3) is 3.86. The summed E-state index contributed by atoms with van der Waals surface area (Å²) in [5.74, 6) is -0.314. The van der Waals surface area contributed by atoms with E-state index in [2.05, 4.69) is 10.6 Å². The van der Waals surface area contributed by atoms with E-state index in [-0.39, 0.29) is 11.8 Å². The fourth-order valence-electron chi connectivity index (χ4n) is 1.97. The number of hydrogen-bond donors (Lipinski definition) is 2. The van der Waals surface area contributed by atoms with Crippen LogP contribution in [-0.4, -0.2) is 11.8 Å². The predicted octanol–water partition coefficient (Wildman–Crippen LogP) is 4.25. The lowest BCUT2D eigenvalue weighted by Crippen LogP contribution is -2.15. The number of halogens is 1. The zero-order valence-corrected chi connectivity index (χ0v) is 13.2. The lowest BCUT2D eigenvalue weighted by atomic mass is 10.1. The maximum Gasteiger partial charge on any atom is 0.255 e. The number of rotatable bonds is 4. The number of carbonyl (C=O) groups is 2. The van der Waals surface area contributed by atoms with Crippen LogP contribution < -0.4 is 10.6 Å². The molecule has 0 saturated heterocycles. The van der Waals surface area contributed by atoms with E-state index in [1.165, 1.54) is 0 Å². The van der Waals surface area contributed by atoms with Gasteiger partial charge in [-0.25, -0.2) is 0 Å². The second-order valence-corrected chi connectivity index (χ2v) is 5.28. The smallest absolute Gasteiger partial charge is 0.255 e. The summed E-state index contributed by atoms with van der Waals surface area (Å²) in [6, 6.07) is 12.1. The van der Waals surface area contributed by atoms with Crippen molar-refractivity contribution in [1.29, 1.82) is 0 Å². The molecule has 0 aliphatic heterocycles. The molecule has 5 heteroatoms. The van der Waals surface area contributed by atoms with Crippen LogP contribution in [0.1, 0.15) is 29.3 Å². The van der Waals surface area contributed by atoms with E-state index in [4.69, 9.17) is 11.6 Å². The van der Waals surface area contributed by atoms with Gasteiger partial charge in [-0.3, -0.25) is 9.59 Å². The fraction of sp³-hybridized carbons (Fsp3) is 0.176. The summed E-state index contributed by atoms with van der Waals surface area (Å²) in [5.41, 5.74) is 2.63. The third-order valence-electron chi connectivity index (χ3n) is 3.26. The molecule has 114 valence electrons. The number of anilines is 2. The first-order valence-electron chi connectivity index (χ1n) is 6.97. The molecular weight excluding hydrogens is 300 g/mol. The molecule has 0 atom stereocenters. The highest BCUT2D eigenvalue weighted by Crippen LogP contribution is 2.24. The lowest BCUT2D eigenvalue weighted by molar-refractivity contribution is -0.115. The van der Waals surface area contributed by atoms with Crippen LogP contribution in [0.15, 0.2) is 42.5 Å². The largest absolute Gasteiger partial charge is 0.326 e. The van der Waals surface area contributed by atoms with Crippen molar-refractivity contribution >= 4 is 34.8 Å². The molecule has 0 aromatic heterocycles. The Labute approximate surface area is 134 Å². The van der Waals surface area contributed by atoms with Crippen molar-refractivity contribution in [3.63, 3.8) is 0 Å². The molecule has 0 bridgehead atoms. The topological polar surface area (TPSA) is 58.2 Å². The van der Waals surface area contributed by atoms with Crippen LogP contribution in [0.2, 0.25) is 5.02 Å². The van der Waals surface area contributed by atoms with Crippen molar-refractivity contribution in [1.82, 2.24) is 0 Å². The van der Waals surface area contributed by atoms with Gasteiger partial charge in [-0.15, -0.1) is 0 Å². The normalized spacial score (nSPS) is 10.1. The van der Waals surface area contributed by atoms with Gasteiger partial charge in [0, 0.05) is 28.4 Å². The van der Waals surface area contributed by atoms with Crippen LogP contribution in [0.3, 0.4) is 0 Å². The Hall–Kier alpha value is -2.33. The zero-order chi connectivity index (χ0) is 16.1. The highest BCUT2D eigenvalue weighted by atomic mass is 35.5. The van der Waals surface area contributed by atoms with Crippen LogP contribution in [0, 0.1) is 6.92 Å². The maximum atomic E-state index is 12.3. The summed E-state index contributed by atoms with van der Waals surface area (Å²) in [7, 11) is 0. The molecule has 22 heavy (non-hydrogen) atoms. The number of carbonyl (C=O) groups excluding carboxylic acids is 2. The number of amides is 2. The minimum atomic E-state index is -0.246. The van der Waals surface area contributed by atoms with Gasteiger partial charge >= 0.3 is 0 Å². The van der Waals surface area contributed by atoms with Crippen LogP contribution in [0.5, 0.6) is 0 Å². The van der Waals surface area contributed by atoms with Crippen molar-refractivity contribution in [2.45, 2.75) is 20.3 Å². The molecule has 2 aromatic carbocycles. The quantitative estimate of drug-likeness (QED) is 0.886. The van der Waals surface area contributed by atoms with Crippen molar-refractivity contribution in [2.24, 2.45) is 0 Å². The van der Waals surface area contributed by atoms with E-state index in [0.29, 0.717) is 28.4 Å². The standard InChI is InChI=1S/C17H17ClN2O2/c1-3-16(21)19-14-8-5-9-15(11(14)2)20-17(22)12-6-4-7-13(18)10-12/h4-10H,3H2,1-2H3,(H,19,21)(H,20,22). The molecule has 4 nitrogen and oxygen atoms in total. The summed E-state index contributed by atoms with van der Waals surface area (Å²) in [6.45, 7) is 3.63. The molecule has 2 amide bonds. The molecule has 0 fully saturated rings. The van der Waals surface area contributed by atoms with Gasteiger partial charge in [0.15, 0.2) is 0 Å². The number of hydrogen-bond acceptors (Lipinski definition) is 2. The molecule has 0 heterocycles. The molecule has 0 aliphatic carbocycles. The average Bonchev–Trinajstić information content (AvgIpc) is 2.51. The molecule has 0 radical (unpaired) electrons. The molecule has 2 rings (SSSR count). The molecule has 0 aliphatic rings. The predicted molar refractivity (Wildman–Crippen MR) is 89.5 cm³/mol. The third-order valence-corrected chi connectivity index (χ3v) is 3.50. The second-order valence-electron chi connectivity index (χ2n) is 4.84. The Morgan fingerprint density at radius 2 is 1.68 bits per heavy atom. The van der Waals surface area contributed by atoms with Crippen molar-refractivity contribution < 1.29 is 9.59 Å². The van der Waals surface area contributed by atoms with Gasteiger partial charge in [-0.1, -0.05) is 30.7 Å². The Morgan fingerprint density at radius 1 is 1.05 bits per heavy atom. The molecule has 0 saturated carbocycles. The molecular formula is C17H17ClN2O2. The van der Waals surface area contributed by atoms with Crippen LogP contribution in [-0.2, 0) is 4.79 Å². The Morgan fingerprint density at radius 3 is 2.32 bits per heavy atom. The SMILES string of the molecule is CCC(=O)Nc1cccc(NC(=O)c2cccc(Cl)c2)c1C. The van der Waals surface area contributed by atoms with E-state index in [0.717, 1.165) is 5.56 Å². The van der Waals surface area contributed by atoms with Crippen LogP contribution >= 0.6 is 11.6 Å². The minimum Gasteiger partial charge on any atom is -0.326 e. The summed E-state index contributed by atoms with van der Waals surface area (Å²) >= 11 is 5.89. The molecule has 0 unspecified atom stereocenters. The van der Waals surface area contributed by atoms with Gasteiger partial charge in [0.05, 0.1) is 0 Å². The Balaban J connectivity index is 2.21. The Bertz CT molecular complexity index is 714. The van der Waals surface area contributed by atoms with Gasteiger partial charge in [-0.05, 0) is 42.8 Å². The highest BCUT2D eigenvalue weighted by Gasteiger charge is 2.11. The van der Waals surface area contributed by atoms with Crippen LogP contribution in [0.25, 0.3) is 0 Å². The molecule has 2 aromatic rings. The molecule has 0 spiro atoms. The summed E-state index contributed by atoms with van der Waals surface area (Å²) in [5, 5.41) is 6.16. The minimum absolute atomic E-state index is 0.0681. The van der Waals surface area contributed by atoms with Crippen molar-refractivity contribution in [3.05, 3.63) is 58.6 Å². The van der Waals surface area contributed by atoms with E-state index >= 15 is 0 Å². The summed E-state index contributed by atoms with van der Waals surface area (Å²) in [4.78, 5) is 23.8.